The molecule has 3 fully saturated rings. The van der Waals surface area contributed by atoms with Crippen LogP contribution in [-0.4, -0.2) is 11.1 Å². The number of rotatable bonds is 1. The van der Waals surface area contributed by atoms with Crippen LogP contribution < -0.4 is 0 Å². The smallest absolute Gasteiger partial charge is 0.307 e. The van der Waals surface area contributed by atoms with Crippen LogP contribution in [0.1, 0.15) is 33.1 Å². The molecule has 2 bridgehead atoms. The zero-order chi connectivity index (χ0) is 9.43. The van der Waals surface area contributed by atoms with Gasteiger partial charge in [0.1, 0.15) is 0 Å². The molecule has 72 valence electrons. The van der Waals surface area contributed by atoms with E-state index in [1.54, 1.807) is 0 Å². The van der Waals surface area contributed by atoms with Gasteiger partial charge in [-0.15, -0.1) is 0 Å². The summed E-state index contributed by atoms with van der Waals surface area (Å²) >= 11 is 0. The summed E-state index contributed by atoms with van der Waals surface area (Å²) in [6.45, 7) is 4.41. The first-order chi connectivity index (χ1) is 6.03. The summed E-state index contributed by atoms with van der Waals surface area (Å²) in [6.07, 6.45) is 3.86. The Morgan fingerprint density at radius 1 is 1.23 bits per heavy atom. The highest BCUT2D eigenvalue weighted by Crippen LogP contribution is 2.85. The minimum Gasteiger partial charge on any atom is -0.481 e. The van der Waals surface area contributed by atoms with Gasteiger partial charge < -0.3 is 5.11 Å². The molecule has 0 spiro atoms. The lowest BCUT2D eigenvalue weighted by molar-refractivity contribution is -0.140. The van der Waals surface area contributed by atoms with Crippen molar-refractivity contribution in [2.24, 2.45) is 28.6 Å². The summed E-state index contributed by atoms with van der Waals surface area (Å²) in [7, 11) is 0. The van der Waals surface area contributed by atoms with Crippen LogP contribution in [0.3, 0.4) is 0 Å². The number of hydrogen-bond donors (Lipinski definition) is 1. The molecule has 3 aliphatic rings. The fourth-order valence-electron chi connectivity index (χ4n) is 4.79. The van der Waals surface area contributed by atoms with Crippen LogP contribution in [0.5, 0.6) is 0 Å². The van der Waals surface area contributed by atoms with E-state index in [4.69, 9.17) is 5.11 Å². The average molecular weight is 180 g/mol. The molecule has 13 heavy (non-hydrogen) atoms. The summed E-state index contributed by atoms with van der Waals surface area (Å²) in [5.74, 6) is 0.833. The molecule has 1 N–H and O–H groups in total. The minimum atomic E-state index is -0.554. The third-order valence-electron chi connectivity index (χ3n) is 5.65. The van der Waals surface area contributed by atoms with E-state index >= 15 is 0 Å². The third-order valence-corrected chi connectivity index (χ3v) is 5.65. The van der Waals surface area contributed by atoms with E-state index in [1.165, 1.54) is 19.3 Å². The molecular weight excluding hydrogens is 164 g/mol. The first kappa shape index (κ1) is 7.84. The zero-order valence-corrected chi connectivity index (χ0v) is 8.21. The topological polar surface area (TPSA) is 37.3 Å². The molecule has 0 heterocycles. The van der Waals surface area contributed by atoms with Gasteiger partial charge in [0.25, 0.3) is 0 Å². The van der Waals surface area contributed by atoms with Crippen LogP contribution in [0.4, 0.5) is 0 Å². The Hall–Kier alpha value is -0.530. The van der Waals surface area contributed by atoms with Crippen molar-refractivity contribution in [3.8, 4) is 0 Å². The lowest BCUT2D eigenvalue weighted by Crippen LogP contribution is -2.15. The Kier molecular flexibility index (Phi) is 1.08. The molecule has 0 aromatic carbocycles. The number of aliphatic carboxylic acids is 1. The Labute approximate surface area is 78.3 Å². The highest BCUT2D eigenvalue weighted by Gasteiger charge is 2.83. The second-order valence-electron chi connectivity index (χ2n) is 5.54. The van der Waals surface area contributed by atoms with Gasteiger partial charge >= 0.3 is 5.97 Å². The Bertz CT molecular complexity index is 276. The Morgan fingerprint density at radius 3 is 2.08 bits per heavy atom. The molecule has 4 unspecified atom stereocenters. The van der Waals surface area contributed by atoms with Crippen LogP contribution in [0.2, 0.25) is 0 Å². The van der Waals surface area contributed by atoms with Crippen molar-refractivity contribution in [1.29, 1.82) is 0 Å². The number of carboxylic acid groups (broad SMARTS) is 1. The van der Waals surface area contributed by atoms with Gasteiger partial charge in [-0.3, -0.25) is 4.79 Å². The van der Waals surface area contributed by atoms with Crippen LogP contribution in [0.15, 0.2) is 0 Å². The summed E-state index contributed by atoms with van der Waals surface area (Å²) in [5.41, 5.74) is 0.309. The monoisotopic (exact) mass is 180 g/mol. The fourth-order valence-corrected chi connectivity index (χ4v) is 4.79. The second kappa shape index (κ2) is 1.79. The summed E-state index contributed by atoms with van der Waals surface area (Å²) in [4.78, 5) is 11.1. The predicted molar refractivity (Wildman–Crippen MR) is 48.2 cm³/mol. The summed E-state index contributed by atoms with van der Waals surface area (Å²) in [6, 6.07) is 0. The molecule has 0 radical (unpaired) electrons. The first-order valence-electron chi connectivity index (χ1n) is 5.25. The highest BCUT2D eigenvalue weighted by atomic mass is 16.4. The van der Waals surface area contributed by atoms with Crippen LogP contribution >= 0.6 is 0 Å². The van der Waals surface area contributed by atoms with Crippen molar-refractivity contribution in [3.05, 3.63) is 0 Å². The van der Waals surface area contributed by atoms with E-state index < -0.39 is 5.97 Å². The number of fused-ring (bicyclic) bond motifs is 5. The van der Waals surface area contributed by atoms with Crippen LogP contribution in [0.25, 0.3) is 0 Å². The SMILES string of the molecule is CC12C3CCC(C3)C1(C)C2C(=O)O. The lowest BCUT2D eigenvalue weighted by Gasteiger charge is -2.22. The average Bonchev–Trinajstić information content (AvgIpc) is 2.44. The van der Waals surface area contributed by atoms with Crippen LogP contribution in [-0.2, 0) is 4.79 Å². The van der Waals surface area contributed by atoms with Crippen molar-refractivity contribution in [1.82, 2.24) is 0 Å². The second-order valence-corrected chi connectivity index (χ2v) is 5.54. The van der Waals surface area contributed by atoms with Gasteiger partial charge in [0.15, 0.2) is 0 Å². The largest absolute Gasteiger partial charge is 0.481 e. The fraction of sp³-hybridized carbons (Fsp3) is 0.909. The molecule has 0 aromatic heterocycles. The summed E-state index contributed by atoms with van der Waals surface area (Å²) in [5, 5.41) is 9.15. The van der Waals surface area contributed by atoms with E-state index in [0.717, 1.165) is 0 Å². The Balaban J connectivity index is 2.04. The first-order valence-corrected chi connectivity index (χ1v) is 5.25. The molecular formula is C11H16O2. The quantitative estimate of drug-likeness (QED) is 0.671. The van der Waals surface area contributed by atoms with Crippen molar-refractivity contribution in [3.63, 3.8) is 0 Å². The molecule has 4 atom stereocenters. The lowest BCUT2D eigenvalue weighted by atomic mass is 9.82. The van der Waals surface area contributed by atoms with E-state index in [9.17, 15) is 4.79 Å². The molecule has 3 aliphatic carbocycles. The zero-order valence-electron chi connectivity index (χ0n) is 8.21. The van der Waals surface area contributed by atoms with Gasteiger partial charge in [0, 0.05) is 0 Å². The maximum Gasteiger partial charge on any atom is 0.307 e. The normalized spacial score (nSPS) is 62.2. The minimum absolute atomic E-state index is 0.0359. The van der Waals surface area contributed by atoms with Crippen molar-refractivity contribution >= 4 is 5.97 Å². The molecule has 0 amide bonds. The van der Waals surface area contributed by atoms with Gasteiger partial charge in [-0.2, -0.15) is 0 Å². The van der Waals surface area contributed by atoms with Crippen molar-refractivity contribution < 1.29 is 9.90 Å². The van der Waals surface area contributed by atoms with Gasteiger partial charge in [-0.25, -0.2) is 0 Å². The van der Waals surface area contributed by atoms with Gasteiger partial charge in [0.2, 0.25) is 0 Å². The van der Waals surface area contributed by atoms with Crippen LogP contribution in [0, 0.1) is 28.6 Å². The number of hydrogen-bond acceptors (Lipinski definition) is 1. The van der Waals surface area contributed by atoms with Crippen molar-refractivity contribution in [2.75, 3.05) is 0 Å². The Morgan fingerprint density at radius 2 is 1.69 bits per heavy atom. The van der Waals surface area contributed by atoms with E-state index in [1.807, 2.05) is 0 Å². The third kappa shape index (κ3) is 0.544. The number of carboxylic acids is 1. The predicted octanol–water partition coefficient (Wildman–Crippen LogP) is 2.14. The van der Waals surface area contributed by atoms with Gasteiger partial charge in [-0.05, 0) is 41.9 Å². The molecule has 3 saturated carbocycles. The number of carbonyl (C=O) groups is 1. The maximum atomic E-state index is 11.1. The molecule has 0 saturated heterocycles. The van der Waals surface area contributed by atoms with Crippen molar-refractivity contribution in [2.45, 2.75) is 33.1 Å². The van der Waals surface area contributed by atoms with E-state index in [2.05, 4.69) is 13.8 Å². The molecule has 0 aromatic rings. The van der Waals surface area contributed by atoms with E-state index in [-0.39, 0.29) is 16.7 Å². The highest BCUT2D eigenvalue weighted by molar-refractivity contribution is 5.78. The maximum absolute atomic E-state index is 11.1. The molecule has 3 rings (SSSR count). The molecule has 0 aliphatic heterocycles. The van der Waals surface area contributed by atoms with E-state index in [0.29, 0.717) is 11.8 Å². The van der Waals surface area contributed by atoms with Gasteiger partial charge in [0.05, 0.1) is 5.92 Å². The summed E-state index contributed by atoms with van der Waals surface area (Å²) < 4.78 is 0. The standard InChI is InChI=1S/C11H16O2/c1-10-6-3-4-7(5-6)11(10,2)8(10)9(12)13/h6-8H,3-5H2,1-2H3,(H,12,13). The molecule has 2 heteroatoms. The molecule has 2 nitrogen and oxygen atoms in total. The van der Waals surface area contributed by atoms with Gasteiger partial charge in [-0.1, -0.05) is 13.8 Å².